The third-order valence-corrected chi connectivity index (χ3v) is 3.78. The number of benzene rings is 2. The monoisotopic (exact) mass is 348 g/mol. The minimum absolute atomic E-state index is 0.230. The SMILES string of the molecule is N#Cc1cnc(Nc2cc(-c3ccc(F)cc3F)c3nc[nH]c3c2)nc1. The fourth-order valence-corrected chi connectivity index (χ4v) is 2.61. The molecule has 0 bridgehead atoms. The molecule has 0 saturated heterocycles. The first-order valence-electron chi connectivity index (χ1n) is 7.56. The van der Waals surface area contributed by atoms with E-state index in [1.165, 1.54) is 30.9 Å². The van der Waals surface area contributed by atoms with Gasteiger partial charge in [0, 0.05) is 22.9 Å². The van der Waals surface area contributed by atoms with Gasteiger partial charge in [-0.05, 0) is 24.3 Å². The number of hydrogen-bond donors (Lipinski definition) is 2. The van der Waals surface area contributed by atoms with Crippen LogP contribution in [-0.2, 0) is 0 Å². The van der Waals surface area contributed by atoms with Gasteiger partial charge in [-0.15, -0.1) is 0 Å². The molecule has 0 radical (unpaired) electrons. The van der Waals surface area contributed by atoms with Crippen molar-refractivity contribution in [2.24, 2.45) is 0 Å². The molecule has 0 fully saturated rings. The third kappa shape index (κ3) is 2.82. The van der Waals surface area contributed by atoms with Gasteiger partial charge in [-0.2, -0.15) is 5.26 Å². The summed E-state index contributed by atoms with van der Waals surface area (Å²) in [6.07, 6.45) is 4.28. The van der Waals surface area contributed by atoms with E-state index >= 15 is 0 Å². The maximum Gasteiger partial charge on any atom is 0.227 e. The van der Waals surface area contributed by atoms with Crippen molar-refractivity contribution in [1.29, 1.82) is 5.26 Å². The van der Waals surface area contributed by atoms with Crippen molar-refractivity contribution in [2.75, 3.05) is 5.32 Å². The molecule has 4 rings (SSSR count). The molecule has 0 saturated carbocycles. The van der Waals surface area contributed by atoms with Crippen LogP contribution >= 0.6 is 0 Å². The Labute approximate surface area is 146 Å². The second-order valence-electron chi connectivity index (χ2n) is 5.48. The number of nitriles is 1. The smallest absolute Gasteiger partial charge is 0.227 e. The molecule has 4 aromatic rings. The summed E-state index contributed by atoms with van der Waals surface area (Å²) >= 11 is 0. The zero-order chi connectivity index (χ0) is 18.1. The summed E-state index contributed by atoms with van der Waals surface area (Å²) in [5.41, 5.74) is 2.88. The third-order valence-electron chi connectivity index (χ3n) is 3.78. The van der Waals surface area contributed by atoms with Gasteiger partial charge in [0.05, 0.1) is 35.3 Å². The summed E-state index contributed by atoms with van der Waals surface area (Å²) in [5.74, 6) is -1.04. The van der Waals surface area contributed by atoms with Crippen molar-refractivity contribution in [2.45, 2.75) is 0 Å². The normalized spacial score (nSPS) is 10.7. The van der Waals surface area contributed by atoms with E-state index in [2.05, 4.69) is 25.3 Å². The lowest BCUT2D eigenvalue weighted by Gasteiger charge is -2.09. The Morgan fingerprint density at radius 3 is 2.54 bits per heavy atom. The molecular formula is C18H10F2N6. The highest BCUT2D eigenvalue weighted by atomic mass is 19.1. The summed E-state index contributed by atoms with van der Waals surface area (Å²) in [6.45, 7) is 0. The average molecular weight is 348 g/mol. The van der Waals surface area contributed by atoms with Crippen LogP contribution in [0, 0.1) is 23.0 Å². The highest BCUT2D eigenvalue weighted by Crippen LogP contribution is 2.32. The van der Waals surface area contributed by atoms with E-state index in [0.29, 0.717) is 27.8 Å². The van der Waals surface area contributed by atoms with Gasteiger partial charge in [0.25, 0.3) is 0 Å². The van der Waals surface area contributed by atoms with Crippen LogP contribution in [0.5, 0.6) is 0 Å². The van der Waals surface area contributed by atoms with Crippen LogP contribution in [0.4, 0.5) is 20.4 Å². The van der Waals surface area contributed by atoms with Gasteiger partial charge in [0.15, 0.2) is 0 Å². The first-order valence-corrected chi connectivity index (χ1v) is 7.56. The molecule has 6 nitrogen and oxygen atoms in total. The summed E-state index contributed by atoms with van der Waals surface area (Å²) in [6, 6.07) is 8.79. The Bertz CT molecular complexity index is 1140. The summed E-state index contributed by atoms with van der Waals surface area (Å²) in [5, 5.41) is 11.8. The number of nitrogens with zero attached hydrogens (tertiary/aromatic N) is 4. The molecule has 2 heterocycles. The van der Waals surface area contributed by atoms with Gasteiger partial charge in [0.2, 0.25) is 5.95 Å². The van der Waals surface area contributed by atoms with Crippen LogP contribution in [0.15, 0.2) is 49.1 Å². The summed E-state index contributed by atoms with van der Waals surface area (Å²) in [4.78, 5) is 15.3. The zero-order valence-corrected chi connectivity index (χ0v) is 13.2. The molecule has 0 aliphatic heterocycles. The topological polar surface area (TPSA) is 90.3 Å². The Kier molecular flexibility index (Phi) is 3.74. The fraction of sp³-hybridized carbons (Fsp3) is 0. The van der Waals surface area contributed by atoms with E-state index < -0.39 is 11.6 Å². The lowest BCUT2D eigenvalue weighted by molar-refractivity contribution is 0.585. The predicted octanol–water partition coefficient (Wildman–Crippen LogP) is 3.91. The first kappa shape index (κ1) is 15.7. The Morgan fingerprint density at radius 1 is 1.00 bits per heavy atom. The standard InChI is InChI=1S/C18H10F2N6/c19-11-1-2-13(15(20)3-11)14-4-12(5-16-17(14)25-9-24-16)26-18-22-7-10(6-21)8-23-18/h1-5,7-9H,(H,24,25)(H,22,23,26). The van der Waals surface area contributed by atoms with E-state index in [4.69, 9.17) is 5.26 Å². The maximum atomic E-state index is 14.3. The van der Waals surface area contributed by atoms with Gasteiger partial charge in [-0.1, -0.05) is 0 Å². The largest absolute Gasteiger partial charge is 0.345 e. The first-order chi connectivity index (χ1) is 12.6. The molecular weight excluding hydrogens is 338 g/mol. The highest BCUT2D eigenvalue weighted by molar-refractivity contribution is 5.95. The van der Waals surface area contributed by atoms with Gasteiger partial charge in [0.1, 0.15) is 17.7 Å². The number of imidazole rings is 1. The van der Waals surface area contributed by atoms with Gasteiger partial charge in [-0.25, -0.2) is 23.7 Å². The lowest BCUT2D eigenvalue weighted by atomic mass is 10.0. The van der Waals surface area contributed by atoms with E-state index in [-0.39, 0.29) is 11.5 Å². The minimum Gasteiger partial charge on any atom is -0.345 e. The average Bonchev–Trinajstić information content (AvgIpc) is 3.10. The second kappa shape index (κ2) is 6.22. The zero-order valence-electron chi connectivity index (χ0n) is 13.2. The van der Waals surface area contributed by atoms with Crippen molar-refractivity contribution in [3.63, 3.8) is 0 Å². The Hall–Kier alpha value is -3.86. The number of H-pyrrole nitrogens is 1. The highest BCUT2D eigenvalue weighted by Gasteiger charge is 2.14. The maximum absolute atomic E-state index is 14.3. The van der Waals surface area contributed by atoms with Crippen molar-refractivity contribution in [3.05, 3.63) is 66.3 Å². The molecule has 126 valence electrons. The van der Waals surface area contributed by atoms with E-state index in [9.17, 15) is 8.78 Å². The molecule has 26 heavy (non-hydrogen) atoms. The van der Waals surface area contributed by atoms with Crippen LogP contribution < -0.4 is 5.32 Å². The number of fused-ring (bicyclic) bond motifs is 1. The van der Waals surface area contributed by atoms with Crippen molar-refractivity contribution < 1.29 is 8.78 Å². The number of aromatic nitrogens is 4. The predicted molar refractivity (Wildman–Crippen MR) is 91.5 cm³/mol. The van der Waals surface area contributed by atoms with E-state index in [0.717, 1.165) is 6.07 Å². The molecule has 0 spiro atoms. The van der Waals surface area contributed by atoms with Gasteiger partial charge in [-0.3, -0.25) is 0 Å². The van der Waals surface area contributed by atoms with Crippen LogP contribution in [0.1, 0.15) is 5.56 Å². The molecule has 0 aliphatic carbocycles. The molecule has 2 aromatic carbocycles. The lowest BCUT2D eigenvalue weighted by Crippen LogP contribution is -1.98. The number of nitrogens with one attached hydrogen (secondary N) is 2. The van der Waals surface area contributed by atoms with Gasteiger partial charge >= 0.3 is 0 Å². The molecule has 8 heteroatoms. The van der Waals surface area contributed by atoms with Crippen LogP contribution in [-0.4, -0.2) is 19.9 Å². The van der Waals surface area contributed by atoms with Crippen molar-refractivity contribution in [1.82, 2.24) is 19.9 Å². The molecule has 2 N–H and O–H groups in total. The number of hydrogen-bond acceptors (Lipinski definition) is 5. The quantitative estimate of drug-likeness (QED) is 0.586. The second-order valence-corrected chi connectivity index (χ2v) is 5.48. The molecule has 0 aliphatic rings. The van der Waals surface area contributed by atoms with E-state index in [1.807, 2.05) is 6.07 Å². The number of aromatic amines is 1. The molecule has 0 atom stereocenters. The number of halogens is 2. The minimum atomic E-state index is -0.680. The van der Waals surface area contributed by atoms with E-state index in [1.54, 1.807) is 12.1 Å². The van der Waals surface area contributed by atoms with Crippen LogP contribution in [0.2, 0.25) is 0 Å². The molecule has 0 unspecified atom stereocenters. The van der Waals surface area contributed by atoms with Crippen molar-refractivity contribution >= 4 is 22.7 Å². The number of anilines is 2. The van der Waals surface area contributed by atoms with Crippen molar-refractivity contribution in [3.8, 4) is 17.2 Å². The van der Waals surface area contributed by atoms with Crippen LogP contribution in [0.3, 0.4) is 0 Å². The molecule has 0 amide bonds. The van der Waals surface area contributed by atoms with Gasteiger partial charge < -0.3 is 10.3 Å². The summed E-state index contributed by atoms with van der Waals surface area (Å²) < 4.78 is 27.5. The Morgan fingerprint density at radius 2 is 1.81 bits per heavy atom. The molecule has 2 aromatic heterocycles. The fourth-order valence-electron chi connectivity index (χ4n) is 2.61. The van der Waals surface area contributed by atoms with Crippen LogP contribution in [0.25, 0.3) is 22.2 Å². The summed E-state index contributed by atoms with van der Waals surface area (Å²) in [7, 11) is 0. The Balaban J connectivity index is 1.80. The number of rotatable bonds is 3.